The Morgan fingerprint density at radius 3 is 2.22 bits per heavy atom. The Bertz CT molecular complexity index is 314. The summed E-state index contributed by atoms with van der Waals surface area (Å²) in [7, 11) is 0. The van der Waals surface area contributed by atoms with E-state index < -0.39 is 29.1 Å². The lowest BCUT2D eigenvalue weighted by atomic mass is 10.0. The van der Waals surface area contributed by atoms with Crippen molar-refractivity contribution >= 4 is 6.09 Å². The third-order valence-corrected chi connectivity index (χ3v) is 3.38. The molecule has 5 heteroatoms. The van der Waals surface area contributed by atoms with Gasteiger partial charge in [-0.25, -0.2) is 4.79 Å². The molecule has 0 bridgehead atoms. The van der Waals surface area contributed by atoms with Crippen molar-refractivity contribution < 1.29 is 19.4 Å². The first-order chi connectivity index (χ1) is 7.88. The first kappa shape index (κ1) is 15.2. The summed E-state index contributed by atoms with van der Waals surface area (Å²) in [5, 5.41) is 9.81. The summed E-state index contributed by atoms with van der Waals surface area (Å²) in [6.45, 7) is 12.9. The molecule has 1 saturated heterocycles. The molecule has 0 saturated carbocycles. The van der Waals surface area contributed by atoms with E-state index in [2.05, 4.69) is 0 Å². The number of hydrogen-bond acceptors (Lipinski definition) is 4. The van der Waals surface area contributed by atoms with Crippen molar-refractivity contribution in [2.75, 3.05) is 6.61 Å². The lowest BCUT2D eigenvalue weighted by Crippen LogP contribution is -2.54. The van der Waals surface area contributed by atoms with Crippen molar-refractivity contribution in [3.63, 3.8) is 0 Å². The van der Waals surface area contributed by atoms with Crippen LogP contribution in [0.4, 0.5) is 4.79 Å². The summed E-state index contributed by atoms with van der Waals surface area (Å²) in [5.74, 6) is 0. The van der Waals surface area contributed by atoms with Crippen LogP contribution in [0.2, 0.25) is 0 Å². The SMILES string of the molecule is C[C@@H](OC(=O)N1C(C)(C)COC1(C)C)C(C)(C)O. The number of ether oxygens (including phenoxy) is 2. The molecule has 18 heavy (non-hydrogen) atoms. The van der Waals surface area contributed by atoms with Crippen molar-refractivity contribution in [2.45, 2.75) is 71.4 Å². The summed E-state index contributed by atoms with van der Waals surface area (Å²) in [4.78, 5) is 13.8. The van der Waals surface area contributed by atoms with Crippen molar-refractivity contribution in [3.8, 4) is 0 Å². The molecule has 1 heterocycles. The minimum atomic E-state index is -1.06. The Kier molecular flexibility index (Phi) is 3.71. The van der Waals surface area contributed by atoms with Gasteiger partial charge in [0, 0.05) is 0 Å². The van der Waals surface area contributed by atoms with E-state index in [1.807, 2.05) is 27.7 Å². The highest BCUT2D eigenvalue weighted by Crippen LogP contribution is 2.35. The zero-order chi connectivity index (χ0) is 14.4. The number of carbonyl (C=O) groups excluding carboxylic acids is 1. The van der Waals surface area contributed by atoms with Gasteiger partial charge in [-0.1, -0.05) is 0 Å². The van der Waals surface area contributed by atoms with Gasteiger partial charge in [0.2, 0.25) is 0 Å². The Labute approximate surface area is 109 Å². The van der Waals surface area contributed by atoms with Gasteiger partial charge < -0.3 is 14.6 Å². The minimum absolute atomic E-state index is 0.417. The van der Waals surface area contributed by atoms with Gasteiger partial charge in [0.05, 0.1) is 17.7 Å². The highest BCUT2D eigenvalue weighted by atomic mass is 16.6. The molecule has 0 aromatic rings. The Hall–Kier alpha value is -0.810. The summed E-state index contributed by atoms with van der Waals surface area (Å²) in [6.07, 6.45) is -1.05. The van der Waals surface area contributed by atoms with Crippen LogP contribution in [0.1, 0.15) is 48.5 Å². The van der Waals surface area contributed by atoms with Crippen molar-refractivity contribution in [1.29, 1.82) is 0 Å². The van der Waals surface area contributed by atoms with Gasteiger partial charge in [-0.15, -0.1) is 0 Å². The van der Waals surface area contributed by atoms with Crippen LogP contribution in [0, 0.1) is 0 Å². The predicted octanol–water partition coefficient (Wildman–Crippen LogP) is 2.13. The number of nitrogens with zero attached hydrogens (tertiary/aromatic N) is 1. The van der Waals surface area contributed by atoms with Crippen LogP contribution in [0.3, 0.4) is 0 Å². The standard InChI is InChI=1S/C13H25NO4/c1-9(12(4,5)16)18-10(15)14-11(2,3)8-17-13(14,6)7/h9,16H,8H2,1-7H3/t9-/m1/s1. The molecule has 1 fully saturated rings. The molecule has 5 nitrogen and oxygen atoms in total. The van der Waals surface area contributed by atoms with Gasteiger partial charge in [-0.3, -0.25) is 4.90 Å². The van der Waals surface area contributed by atoms with E-state index in [-0.39, 0.29) is 0 Å². The van der Waals surface area contributed by atoms with Crippen LogP contribution in [0.5, 0.6) is 0 Å². The highest BCUT2D eigenvalue weighted by Gasteiger charge is 2.50. The summed E-state index contributed by atoms with van der Waals surface area (Å²) >= 11 is 0. The fourth-order valence-electron chi connectivity index (χ4n) is 2.03. The molecule has 0 aliphatic carbocycles. The highest BCUT2D eigenvalue weighted by molar-refractivity contribution is 5.70. The maximum atomic E-state index is 12.2. The number of carbonyl (C=O) groups is 1. The number of hydrogen-bond donors (Lipinski definition) is 1. The maximum absolute atomic E-state index is 12.2. The van der Waals surface area contributed by atoms with Crippen LogP contribution in [-0.4, -0.2) is 45.7 Å². The van der Waals surface area contributed by atoms with E-state index in [0.717, 1.165) is 0 Å². The van der Waals surface area contributed by atoms with Gasteiger partial charge in [0.15, 0.2) is 0 Å². The lowest BCUT2D eigenvalue weighted by Gasteiger charge is -2.38. The second-order valence-corrected chi connectivity index (χ2v) is 6.56. The molecule has 0 unspecified atom stereocenters. The fourth-order valence-corrected chi connectivity index (χ4v) is 2.03. The number of rotatable bonds is 2. The van der Waals surface area contributed by atoms with Crippen LogP contribution in [-0.2, 0) is 9.47 Å². The largest absolute Gasteiger partial charge is 0.443 e. The second kappa shape index (κ2) is 4.38. The molecular formula is C13H25NO4. The Balaban J connectivity index is 2.83. The van der Waals surface area contributed by atoms with Gasteiger partial charge in [0.25, 0.3) is 0 Å². The lowest BCUT2D eigenvalue weighted by molar-refractivity contribution is -0.0873. The van der Waals surface area contributed by atoms with Crippen molar-refractivity contribution in [1.82, 2.24) is 4.90 Å². The van der Waals surface area contributed by atoms with Crippen LogP contribution >= 0.6 is 0 Å². The number of amides is 1. The average molecular weight is 259 g/mol. The molecule has 1 N–H and O–H groups in total. The molecule has 0 aromatic heterocycles. The molecule has 0 radical (unpaired) electrons. The molecule has 106 valence electrons. The zero-order valence-corrected chi connectivity index (χ0v) is 12.4. The Morgan fingerprint density at radius 1 is 1.39 bits per heavy atom. The monoisotopic (exact) mass is 259 g/mol. The molecular weight excluding hydrogens is 234 g/mol. The normalized spacial score (nSPS) is 23.9. The van der Waals surface area contributed by atoms with Gasteiger partial charge in [-0.05, 0) is 48.5 Å². The first-order valence-electron chi connectivity index (χ1n) is 6.25. The molecule has 0 aromatic carbocycles. The second-order valence-electron chi connectivity index (χ2n) is 6.56. The molecule has 0 spiro atoms. The van der Waals surface area contributed by atoms with Crippen LogP contribution in [0.25, 0.3) is 0 Å². The summed E-state index contributed by atoms with van der Waals surface area (Å²) in [5.41, 5.74) is -2.18. The van der Waals surface area contributed by atoms with Crippen molar-refractivity contribution in [3.05, 3.63) is 0 Å². The maximum Gasteiger partial charge on any atom is 0.412 e. The molecule has 1 aliphatic rings. The van der Waals surface area contributed by atoms with Gasteiger partial charge in [0.1, 0.15) is 11.8 Å². The summed E-state index contributed by atoms with van der Waals surface area (Å²) in [6, 6.07) is 0. The van der Waals surface area contributed by atoms with Gasteiger partial charge >= 0.3 is 6.09 Å². The van der Waals surface area contributed by atoms with Crippen LogP contribution < -0.4 is 0 Å². The smallest absolute Gasteiger partial charge is 0.412 e. The minimum Gasteiger partial charge on any atom is -0.443 e. The molecule has 1 aliphatic heterocycles. The molecule has 1 atom stereocenters. The summed E-state index contributed by atoms with van der Waals surface area (Å²) < 4.78 is 10.9. The van der Waals surface area contributed by atoms with E-state index in [1.54, 1.807) is 25.7 Å². The van der Waals surface area contributed by atoms with E-state index in [4.69, 9.17) is 9.47 Å². The fraction of sp³-hybridized carbons (Fsp3) is 0.923. The van der Waals surface area contributed by atoms with E-state index in [9.17, 15) is 9.90 Å². The van der Waals surface area contributed by atoms with Crippen molar-refractivity contribution in [2.24, 2.45) is 0 Å². The molecule has 1 rings (SSSR count). The number of aliphatic hydroxyl groups is 1. The zero-order valence-electron chi connectivity index (χ0n) is 12.4. The van der Waals surface area contributed by atoms with Crippen LogP contribution in [0.15, 0.2) is 0 Å². The quantitative estimate of drug-likeness (QED) is 0.825. The van der Waals surface area contributed by atoms with E-state index in [1.165, 1.54) is 0 Å². The predicted molar refractivity (Wildman–Crippen MR) is 68.2 cm³/mol. The van der Waals surface area contributed by atoms with Gasteiger partial charge in [-0.2, -0.15) is 0 Å². The third kappa shape index (κ3) is 2.95. The first-order valence-corrected chi connectivity index (χ1v) is 6.25. The van der Waals surface area contributed by atoms with E-state index >= 15 is 0 Å². The Morgan fingerprint density at radius 2 is 1.89 bits per heavy atom. The van der Waals surface area contributed by atoms with E-state index in [0.29, 0.717) is 6.61 Å². The topological polar surface area (TPSA) is 59.0 Å². The average Bonchev–Trinajstić information content (AvgIpc) is 2.33. The molecule has 1 amide bonds. The third-order valence-electron chi connectivity index (χ3n) is 3.38.